The summed E-state index contributed by atoms with van der Waals surface area (Å²) in [5.41, 5.74) is 4.48. The molecule has 0 aliphatic heterocycles. The quantitative estimate of drug-likeness (QED) is 0.412. The zero-order valence-electron chi connectivity index (χ0n) is 19.4. The molecule has 1 aliphatic rings. The molecule has 3 N–H and O–H groups in total. The molecule has 0 saturated heterocycles. The Morgan fingerprint density at radius 2 is 1.74 bits per heavy atom. The van der Waals surface area contributed by atoms with Gasteiger partial charge in [0.1, 0.15) is 12.6 Å². The minimum absolute atomic E-state index is 0.0579. The fourth-order valence-corrected chi connectivity index (χ4v) is 4.36. The van der Waals surface area contributed by atoms with Crippen molar-refractivity contribution in [1.29, 1.82) is 0 Å². The SMILES string of the molecule is CCC[C@H](NC(=O)OCC1c2ccccc2-c2ccccc21)C(=O)NCCn1cnc(C(=O)O)c1. The predicted octanol–water partition coefficient (Wildman–Crippen LogP) is 3.40. The summed E-state index contributed by atoms with van der Waals surface area (Å²) in [6.07, 6.45) is 3.32. The van der Waals surface area contributed by atoms with Crippen molar-refractivity contribution < 1.29 is 24.2 Å². The van der Waals surface area contributed by atoms with Crippen molar-refractivity contribution in [3.63, 3.8) is 0 Å². The Labute approximate surface area is 203 Å². The van der Waals surface area contributed by atoms with Crippen LogP contribution in [0.5, 0.6) is 0 Å². The van der Waals surface area contributed by atoms with Crippen molar-refractivity contribution in [2.45, 2.75) is 38.3 Å². The number of hydrogen-bond donors (Lipinski definition) is 3. The fraction of sp³-hybridized carbons (Fsp3) is 0.308. The van der Waals surface area contributed by atoms with E-state index in [-0.39, 0.29) is 30.7 Å². The second-order valence-electron chi connectivity index (χ2n) is 8.40. The topological polar surface area (TPSA) is 123 Å². The lowest BCUT2D eigenvalue weighted by Crippen LogP contribution is -2.47. The number of hydrogen-bond acceptors (Lipinski definition) is 5. The van der Waals surface area contributed by atoms with E-state index < -0.39 is 18.1 Å². The van der Waals surface area contributed by atoms with Crippen molar-refractivity contribution in [2.75, 3.05) is 13.2 Å². The Morgan fingerprint density at radius 1 is 1.09 bits per heavy atom. The van der Waals surface area contributed by atoms with Crippen molar-refractivity contribution in [3.8, 4) is 11.1 Å². The fourth-order valence-electron chi connectivity index (χ4n) is 4.36. The van der Waals surface area contributed by atoms with Gasteiger partial charge in [-0.15, -0.1) is 0 Å². The number of imidazole rings is 1. The molecule has 4 rings (SSSR count). The predicted molar refractivity (Wildman–Crippen MR) is 129 cm³/mol. The maximum absolute atomic E-state index is 12.7. The Balaban J connectivity index is 1.31. The number of nitrogens with zero attached hydrogens (tertiary/aromatic N) is 2. The highest BCUT2D eigenvalue weighted by Crippen LogP contribution is 2.44. The largest absolute Gasteiger partial charge is 0.476 e. The lowest BCUT2D eigenvalue weighted by atomic mass is 9.98. The number of rotatable bonds is 10. The first kappa shape index (κ1) is 24.0. The zero-order chi connectivity index (χ0) is 24.8. The number of carboxylic acid groups (broad SMARTS) is 1. The maximum atomic E-state index is 12.7. The molecule has 0 unspecified atom stereocenters. The minimum atomic E-state index is -1.11. The summed E-state index contributed by atoms with van der Waals surface area (Å²) in [7, 11) is 0. The Hall–Kier alpha value is -4.14. The molecule has 182 valence electrons. The lowest BCUT2D eigenvalue weighted by Gasteiger charge is -2.19. The van der Waals surface area contributed by atoms with Crippen LogP contribution < -0.4 is 10.6 Å². The van der Waals surface area contributed by atoms with E-state index in [0.717, 1.165) is 22.3 Å². The highest BCUT2D eigenvalue weighted by molar-refractivity contribution is 5.86. The molecule has 0 spiro atoms. The molecule has 9 nitrogen and oxygen atoms in total. The number of ether oxygens (including phenoxy) is 1. The summed E-state index contributed by atoms with van der Waals surface area (Å²) in [5.74, 6) is -1.49. The third-order valence-electron chi connectivity index (χ3n) is 6.05. The summed E-state index contributed by atoms with van der Waals surface area (Å²) < 4.78 is 7.15. The van der Waals surface area contributed by atoms with Gasteiger partial charge in [0.15, 0.2) is 5.69 Å². The molecule has 1 atom stereocenters. The van der Waals surface area contributed by atoms with E-state index in [1.165, 1.54) is 12.5 Å². The van der Waals surface area contributed by atoms with Crippen LogP contribution in [0.4, 0.5) is 4.79 Å². The molecule has 35 heavy (non-hydrogen) atoms. The number of aromatic carboxylic acids is 1. The van der Waals surface area contributed by atoms with Gasteiger partial charge >= 0.3 is 12.1 Å². The number of carboxylic acids is 1. The number of carbonyl (C=O) groups excluding carboxylic acids is 2. The van der Waals surface area contributed by atoms with Gasteiger partial charge in [0.25, 0.3) is 0 Å². The van der Waals surface area contributed by atoms with Crippen molar-refractivity contribution in [3.05, 3.63) is 77.9 Å². The summed E-state index contributed by atoms with van der Waals surface area (Å²) in [5, 5.41) is 14.4. The van der Waals surface area contributed by atoms with Crippen LogP contribution in [0.2, 0.25) is 0 Å². The van der Waals surface area contributed by atoms with Gasteiger partial charge in [0.2, 0.25) is 5.91 Å². The monoisotopic (exact) mass is 476 g/mol. The minimum Gasteiger partial charge on any atom is -0.476 e. The van der Waals surface area contributed by atoms with Gasteiger partial charge in [-0.1, -0.05) is 61.9 Å². The number of nitrogens with one attached hydrogen (secondary N) is 2. The Kier molecular flexibility index (Phi) is 7.45. The number of aromatic nitrogens is 2. The van der Waals surface area contributed by atoms with Gasteiger partial charge in [-0.3, -0.25) is 4.79 Å². The molecule has 0 bridgehead atoms. The van der Waals surface area contributed by atoms with Crippen LogP contribution in [-0.2, 0) is 16.1 Å². The molecule has 1 heterocycles. The lowest BCUT2D eigenvalue weighted by molar-refractivity contribution is -0.123. The highest BCUT2D eigenvalue weighted by atomic mass is 16.5. The summed E-state index contributed by atoms with van der Waals surface area (Å²) >= 11 is 0. The van der Waals surface area contributed by atoms with Gasteiger partial charge in [0, 0.05) is 25.2 Å². The molecule has 2 aromatic carbocycles. The average molecular weight is 477 g/mol. The maximum Gasteiger partial charge on any atom is 0.407 e. The number of carbonyl (C=O) groups is 3. The van der Waals surface area contributed by atoms with Crippen LogP contribution in [0.25, 0.3) is 11.1 Å². The van der Waals surface area contributed by atoms with E-state index in [0.29, 0.717) is 19.4 Å². The normalized spacial score (nSPS) is 12.9. The first-order valence-corrected chi connectivity index (χ1v) is 11.6. The van der Waals surface area contributed by atoms with Crippen LogP contribution >= 0.6 is 0 Å². The van der Waals surface area contributed by atoms with E-state index in [4.69, 9.17) is 9.84 Å². The molecular weight excluding hydrogens is 448 g/mol. The number of amides is 2. The molecule has 0 fully saturated rings. The first-order chi connectivity index (χ1) is 17.0. The second kappa shape index (κ2) is 10.9. The molecule has 1 aliphatic carbocycles. The summed E-state index contributed by atoms with van der Waals surface area (Å²) in [6, 6.07) is 15.5. The van der Waals surface area contributed by atoms with Gasteiger partial charge in [-0.05, 0) is 28.7 Å². The van der Waals surface area contributed by atoms with Gasteiger partial charge in [0.05, 0.1) is 6.33 Å². The van der Waals surface area contributed by atoms with Crippen LogP contribution in [-0.4, -0.2) is 51.8 Å². The van der Waals surface area contributed by atoms with E-state index in [1.807, 2.05) is 43.3 Å². The standard InChI is InChI=1S/C26H28N4O5/c1-2-7-22(24(31)27-12-13-30-14-23(25(32)33)28-16-30)29-26(34)35-15-21-19-10-5-3-8-17(19)18-9-4-6-11-20(18)21/h3-6,8-11,14,16,21-22H,2,7,12-13,15H2,1H3,(H,27,31)(H,29,34)(H,32,33)/t22-/m0/s1. The highest BCUT2D eigenvalue weighted by Gasteiger charge is 2.29. The van der Waals surface area contributed by atoms with Gasteiger partial charge in [-0.25, -0.2) is 14.6 Å². The number of fused-ring (bicyclic) bond motifs is 3. The van der Waals surface area contributed by atoms with E-state index in [1.54, 1.807) is 4.57 Å². The molecular formula is C26H28N4O5. The third kappa shape index (κ3) is 5.51. The zero-order valence-corrected chi connectivity index (χ0v) is 19.4. The van der Waals surface area contributed by atoms with Crippen molar-refractivity contribution in [1.82, 2.24) is 20.2 Å². The van der Waals surface area contributed by atoms with Crippen LogP contribution in [0.15, 0.2) is 61.1 Å². The van der Waals surface area contributed by atoms with Crippen molar-refractivity contribution in [2.24, 2.45) is 0 Å². The smallest absolute Gasteiger partial charge is 0.407 e. The molecule has 1 aromatic heterocycles. The summed E-state index contributed by atoms with van der Waals surface area (Å²) in [4.78, 5) is 40.0. The van der Waals surface area contributed by atoms with Crippen LogP contribution in [0.3, 0.4) is 0 Å². The van der Waals surface area contributed by atoms with E-state index >= 15 is 0 Å². The third-order valence-corrected chi connectivity index (χ3v) is 6.05. The van der Waals surface area contributed by atoms with Gasteiger partial charge < -0.3 is 25.0 Å². The van der Waals surface area contributed by atoms with Gasteiger partial charge in [-0.2, -0.15) is 0 Å². The molecule has 0 radical (unpaired) electrons. The van der Waals surface area contributed by atoms with Crippen LogP contribution in [0.1, 0.15) is 47.3 Å². The summed E-state index contributed by atoms with van der Waals surface area (Å²) in [6.45, 7) is 2.72. The Morgan fingerprint density at radius 3 is 2.34 bits per heavy atom. The van der Waals surface area contributed by atoms with Crippen molar-refractivity contribution >= 4 is 18.0 Å². The van der Waals surface area contributed by atoms with E-state index in [9.17, 15) is 14.4 Å². The van der Waals surface area contributed by atoms with E-state index in [2.05, 4.69) is 27.8 Å². The second-order valence-corrected chi connectivity index (χ2v) is 8.40. The molecule has 9 heteroatoms. The molecule has 0 saturated carbocycles. The molecule has 2 amide bonds. The first-order valence-electron chi connectivity index (χ1n) is 11.6. The van der Waals surface area contributed by atoms with Crippen LogP contribution in [0, 0.1) is 0 Å². The molecule has 3 aromatic rings. The number of benzene rings is 2. The Bertz CT molecular complexity index is 1180. The average Bonchev–Trinajstić information content (AvgIpc) is 3.46. The number of alkyl carbamates (subject to hydrolysis) is 1.